The molecule has 0 bridgehead atoms. The molecule has 0 aliphatic carbocycles. The number of aromatic hydroxyl groups is 1. The Morgan fingerprint density at radius 1 is 1.35 bits per heavy atom. The van der Waals surface area contributed by atoms with Crippen LogP contribution in [-0.4, -0.2) is 51.5 Å². The van der Waals surface area contributed by atoms with Crippen LogP contribution in [0.2, 0.25) is 0 Å². The summed E-state index contributed by atoms with van der Waals surface area (Å²) in [5.41, 5.74) is 2.12. The Labute approximate surface area is 154 Å². The molecule has 1 amide bonds. The summed E-state index contributed by atoms with van der Waals surface area (Å²) in [5, 5.41) is 14.6. The molecule has 0 saturated carbocycles. The molecule has 1 aromatic carbocycles. The fraction of sp³-hybridized carbons (Fsp3) is 0.500. The van der Waals surface area contributed by atoms with Crippen LogP contribution in [0, 0.1) is 0 Å². The summed E-state index contributed by atoms with van der Waals surface area (Å²) in [6.45, 7) is 8.17. The molecule has 0 radical (unpaired) electrons. The lowest BCUT2D eigenvalue weighted by atomic mass is 10.0. The number of aromatic nitrogens is 2. The zero-order chi connectivity index (χ0) is 18.7. The van der Waals surface area contributed by atoms with Crippen LogP contribution >= 0.6 is 0 Å². The Bertz CT molecular complexity index is 761. The highest BCUT2D eigenvalue weighted by Crippen LogP contribution is 2.24. The standard InChI is InChI=1S/C20H27N3O3/c1-4-26-17-8-10-22(11-9-17)20(25)19-18(24)13-23(21-19)16-7-5-6-15(12-16)14(2)3/h5-7,12-14,17,24H,4,8-11H2,1-3H3. The lowest BCUT2D eigenvalue weighted by Gasteiger charge is -2.31. The van der Waals surface area contributed by atoms with Crippen LogP contribution in [0.25, 0.3) is 5.69 Å². The maximum atomic E-state index is 12.8. The summed E-state index contributed by atoms with van der Waals surface area (Å²) < 4.78 is 7.20. The lowest BCUT2D eigenvalue weighted by Crippen LogP contribution is -2.41. The topological polar surface area (TPSA) is 67.6 Å². The molecule has 1 saturated heterocycles. The fourth-order valence-electron chi connectivity index (χ4n) is 3.29. The van der Waals surface area contributed by atoms with E-state index < -0.39 is 0 Å². The van der Waals surface area contributed by atoms with Crippen molar-refractivity contribution in [2.75, 3.05) is 19.7 Å². The highest BCUT2D eigenvalue weighted by Gasteiger charge is 2.27. The predicted molar refractivity (Wildman–Crippen MR) is 99.9 cm³/mol. The summed E-state index contributed by atoms with van der Waals surface area (Å²) in [6.07, 6.45) is 3.35. The number of benzene rings is 1. The van der Waals surface area contributed by atoms with Crippen molar-refractivity contribution in [1.82, 2.24) is 14.7 Å². The molecule has 0 unspecified atom stereocenters. The number of carbonyl (C=O) groups excluding carboxylic acids is 1. The number of likely N-dealkylation sites (tertiary alicyclic amines) is 1. The zero-order valence-corrected chi connectivity index (χ0v) is 15.7. The normalized spacial score (nSPS) is 15.6. The average molecular weight is 357 g/mol. The third kappa shape index (κ3) is 3.90. The molecule has 0 atom stereocenters. The number of piperidine rings is 1. The van der Waals surface area contributed by atoms with Crippen molar-refractivity contribution in [3.8, 4) is 11.4 Å². The van der Waals surface area contributed by atoms with Gasteiger partial charge in [0.1, 0.15) is 0 Å². The smallest absolute Gasteiger partial charge is 0.278 e. The quantitative estimate of drug-likeness (QED) is 0.891. The first kappa shape index (κ1) is 18.5. The van der Waals surface area contributed by atoms with E-state index in [1.807, 2.05) is 25.1 Å². The molecule has 6 nitrogen and oxygen atoms in total. The second-order valence-electron chi connectivity index (χ2n) is 7.00. The number of hydrogen-bond donors (Lipinski definition) is 1. The number of rotatable bonds is 5. The number of hydrogen-bond acceptors (Lipinski definition) is 4. The SMILES string of the molecule is CCOC1CCN(C(=O)c2nn(-c3cccc(C(C)C)c3)cc2O)CC1. The molecule has 0 spiro atoms. The van der Waals surface area contributed by atoms with Gasteiger partial charge in [0.25, 0.3) is 5.91 Å². The van der Waals surface area contributed by atoms with E-state index in [-0.39, 0.29) is 23.5 Å². The molecular weight excluding hydrogens is 330 g/mol. The molecule has 26 heavy (non-hydrogen) atoms. The fourth-order valence-corrected chi connectivity index (χ4v) is 3.29. The van der Waals surface area contributed by atoms with Crippen LogP contribution in [0.3, 0.4) is 0 Å². The number of ether oxygens (including phenoxy) is 1. The first-order chi connectivity index (χ1) is 12.5. The van der Waals surface area contributed by atoms with Gasteiger partial charge in [-0.25, -0.2) is 4.68 Å². The van der Waals surface area contributed by atoms with E-state index in [0.717, 1.165) is 18.5 Å². The summed E-state index contributed by atoms with van der Waals surface area (Å²) >= 11 is 0. The van der Waals surface area contributed by atoms with E-state index in [2.05, 4.69) is 25.0 Å². The van der Waals surface area contributed by atoms with E-state index in [1.165, 1.54) is 11.8 Å². The maximum Gasteiger partial charge on any atom is 0.278 e. The van der Waals surface area contributed by atoms with E-state index in [9.17, 15) is 9.90 Å². The van der Waals surface area contributed by atoms with Gasteiger partial charge in [-0.05, 0) is 43.4 Å². The van der Waals surface area contributed by atoms with Crippen LogP contribution < -0.4 is 0 Å². The van der Waals surface area contributed by atoms with Crippen molar-refractivity contribution in [3.05, 3.63) is 41.7 Å². The molecule has 1 N–H and O–H groups in total. The van der Waals surface area contributed by atoms with Gasteiger partial charge in [-0.2, -0.15) is 5.10 Å². The molecule has 1 aromatic heterocycles. The van der Waals surface area contributed by atoms with Gasteiger partial charge >= 0.3 is 0 Å². The van der Waals surface area contributed by atoms with Crippen molar-refractivity contribution in [3.63, 3.8) is 0 Å². The third-order valence-electron chi connectivity index (χ3n) is 4.83. The molecule has 1 aliphatic heterocycles. The second-order valence-corrected chi connectivity index (χ2v) is 7.00. The number of amides is 1. The molecule has 2 heterocycles. The minimum absolute atomic E-state index is 0.0862. The summed E-state index contributed by atoms with van der Waals surface area (Å²) in [7, 11) is 0. The Hall–Kier alpha value is -2.34. The molecule has 1 aliphatic rings. The summed E-state index contributed by atoms with van der Waals surface area (Å²) in [5.74, 6) is 0.0833. The largest absolute Gasteiger partial charge is 0.504 e. The van der Waals surface area contributed by atoms with E-state index in [0.29, 0.717) is 25.6 Å². The highest BCUT2D eigenvalue weighted by molar-refractivity contribution is 5.94. The Morgan fingerprint density at radius 2 is 2.08 bits per heavy atom. The van der Waals surface area contributed by atoms with E-state index in [4.69, 9.17) is 4.74 Å². The first-order valence-electron chi connectivity index (χ1n) is 9.29. The maximum absolute atomic E-state index is 12.8. The molecule has 2 aromatic rings. The van der Waals surface area contributed by atoms with Gasteiger partial charge < -0.3 is 14.7 Å². The molecule has 6 heteroatoms. The molecule has 3 rings (SSSR count). The van der Waals surface area contributed by atoms with Gasteiger partial charge in [-0.1, -0.05) is 26.0 Å². The van der Waals surface area contributed by atoms with Gasteiger partial charge in [0.05, 0.1) is 18.0 Å². The Kier molecular flexibility index (Phi) is 5.61. The molecule has 1 fully saturated rings. The lowest BCUT2D eigenvalue weighted by molar-refractivity contribution is 0.0143. The first-order valence-corrected chi connectivity index (χ1v) is 9.29. The third-order valence-corrected chi connectivity index (χ3v) is 4.83. The van der Waals surface area contributed by atoms with E-state index >= 15 is 0 Å². The molecular formula is C20H27N3O3. The molecule has 140 valence electrons. The van der Waals surface area contributed by atoms with E-state index in [1.54, 1.807) is 9.58 Å². The van der Waals surface area contributed by atoms with Crippen LogP contribution in [-0.2, 0) is 4.74 Å². The number of nitrogens with zero attached hydrogens (tertiary/aromatic N) is 3. The van der Waals surface area contributed by atoms with Crippen LogP contribution in [0.15, 0.2) is 30.5 Å². The summed E-state index contributed by atoms with van der Waals surface area (Å²) in [6, 6.07) is 7.97. The van der Waals surface area contributed by atoms with Crippen LogP contribution in [0.1, 0.15) is 55.6 Å². The second kappa shape index (κ2) is 7.91. The van der Waals surface area contributed by atoms with Gasteiger partial charge in [-0.3, -0.25) is 4.79 Å². The van der Waals surface area contributed by atoms with Crippen molar-refractivity contribution in [2.45, 2.75) is 45.6 Å². The van der Waals surface area contributed by atoms with Crippen molar-refractivity contribution in [1.29, 1.82) is 0 Å². The monoisotopic (exact) mass is 357 g/mol. The van der Waals surface area contributed by atoms with Crippen LogP contribution in [0.4, 0.5) is 0 Å². The van der Waals surface area contributed by atoms with Crippen molar-refractivity contribution >= 4 is 5.91 Å². The van der Waals surface area contributed by atoms with Crippen molar-refractivity contribution in [2.24, 2.45) is 0 Å². The van der Waals surface area contributed by atoms with Crippen molar-refractivity contribution < 1.29 is 14.6 Å². The van der Waals surface area contributed by atoms with Crippen LogP contribution in [0.5, 0.6) is 5.75 Å². The zero-order valence-electron chi connectivity index (χ0n) is 15.7. The average Bonchev–Trinajstić information content (AvgIpc) is 3.04. The predicted octanol–water partition coefficient (Wildman–Crippen LogP) is 3.34. The van der Waals surface area contributed by atoms with Gasteiger partial charge in [-0.15, -0.1) is 0 Å². The van der Waals surface area contributed by atoms with Gasteiger partial charge in [0.2, 0.25) is 0 Å². The summed E-state index contributed by atoms with van der Waals surface area (Å²) in [4.78, 5) is 14.5. The van der Waals surface area contributed by atoms with Gasteiger partial charge in [0, 0.05) is 19.7 Å². The number of carbonyl (C=O) groups is 1. The highest BCUT2D eigenvalue weighted by atomic mass is 16.5. The minimum Gasteiger partial charge on any atom is -0.504 e. The minimum atomic E-state index is -0.226. The van der Waals surface area contributed by atoms with Gasteiger partial charge in [0.15, 0.2) is 11.4 Å². The Balaban J connectivity index is 1.76. The Morgan fingerprint density at radius 3 is 2.73 bits per heavy atom.